The Bertz CT molecular complexity index is 226. The SMILES string of the molecule is NC1CC2(CCN(C(=O)CCl)C2)C1. The van der Waals surface area contributed by atoms with E-state index < -0.39 is 0 Å². The van der Waals surface area contributed by atoms with Gasteiger partial charge in [0.05, 0.1) is 0 Å². The molecule has 2 N–H and O–H groups in total. The Labute approximate surface area is 83.2 Å². The van der Waals surface area contributed by atoms with Gasteiger partial charge in [-0.1, -0.05) is 0 Å². The largest absolute Gasteiger partial charge is 0.341 e. The molecule has 0 bridgehead atoms. The molecule has 0 atom stereocenters. The first kappa shape index (κ1) is 9.28. The summed E-state index contributed by atoms with van der Waals surface area (Å²) in [5, 5.41) is 0. The second-order valence-electron chi connectivity index (χ2n) is 4.37. The molecular formula is C9H15ClN2O. The van der Waals surface area contributed by atoms with Crippen LogP contribution in [0.25, 0.3) is 0 Å². The lowest BCUT2D eigenvalue weighted by atomic mass is 9.65. The summed E-state index contributed by atoms with van der Waals surface area (Å²) in [6, 6.07) is 0.367. The molecule has 1 aliphatic carbocycles. The molecular weight excluding hydrogens is 188 g/mol. The quantitative estimate of drug-likeness (QED) is 0.632. The standard InChI is InChI=1S/C9H15ClN2O/c10-5-8(13)12-2-1-9(6-12)3-7(11)4-9/h7H,1-6,11H2. The van der Waals surface area contributed by atoms with E-state index in [-0.39, 0.29) is 11.8 Å². The van der Waals surface area contributed by atoms with Crippen LogP contribution >= 0.6 is 11.6 Å². The Balaban J connectivity index is 1.91. The Morgan fingerprint density at radius 2 is 2.31 bits per heavy atom. The molecule has 2 aliphatic rings. The summed E-state index contributed by atoms with van der Waals surface area (Å²) in [4.78, 5) is 13.2. The van der Waals surface area contributed by atoms with Gasteiger partial charge < -0.3 is 10.6 Å². The van der Waals surface area contributed by atoms with E-state index >= 15 is 0 Å². The van der Waals surface area contributed by atoms with Gasteiger partial charge in [0.2, 0.25) is 5.91 Å². The Hall–Kier alpha value is -0.280. The van der Waals surface area contributed by atoms with Crippen molar-refractivity contribution in [3.8, 4) is 0 Å². The lowest BCUT2D eigenvalue weighted by Crippen LogP contribution is -2.48. The molecule has 0 unspecified atom stereocenters. The van der Waals surface area contributed by atoms with Crippen LogP contribution in [0.2, 0.25) is 0 Å². The summed E-state index contributed by atoms with van der Waals surface area (Å²) in [5.41, 5.74) is 6.12. The molecule has 1 amide bonds. The fourth-order valence-electron chi connectivity index (χ4n) is 2.62. The molecule has 0 aromatic heterocycles. The topological polar surface area (TPSA) is 46.3 Å². The fourth-order valence-corrected chi connectivity index (χ4v) is 2.79. The van der Waals surface area contributed by atoms with E-state index in [1.54, 1.807) is 0 Å². The second kappa shape index (κ2) is 3.14. The third-order valence-electron chi connectivity index (χ3n) is 3.30. The van der Waals surface area contributed by atoms with Crippen molar-refractivity contribution in [3.05, 3.63) is 0 Å². The summed E-state index contributed by atoms with van der Waals surface area (Å²) < 4.78 is 0. The molecule has 0 radical (unpaired) electrons. The summed E-state index contributed by atoms with van der Waals surface area (Å²) in [7, 11) is 0. The normalized spacial score (nSPS) is 38.0. The maximum atomic E-state index is 11.3. The Morgan fingerprint density at radius 3 is 2.85 bits per heavy atom. The number of nitrogens with zero attached hydrogens (tertiary/aromatic N) is 1. The van der Waals surface area contributed by atoms with Gasteiger partial charge in [-0.3, -0.25) is 4.79 Å². The van der Waals surface area contributed by atoms with Gasteiger partial charge in [0.15, 0.2) is 0 Å². The van der Waals surface area contributed by atoms with Gasteiger partial charge in [-0.25, -0.2) is 0 Å². The molecule has 1 saturated heterocycles. The zero-order valence-electron chi connectivity index (χ0n) is 7.63. The highest BCUT2D eigenvalue weighted by molar-refractivity contribution is 6.27. The van der Waals surface area contributed by atoms with Crippen LogP contribution in [-0.2, 0) is 4.79 Å². The number of carbonyl (C=O) groups is 1. The van der Waals surface area contributed by atoms with Gasteiger partial charge in [-0.05, 0) is 24.7 Å². The maximum absolute atomic E-state index is 11.3. The lowest BCUT2D eigenvalue weighted by molar-refractivity contribution is -0.128. The molecule has 0 aromatic rings. The van der Waals surface area contributed by atoms with Crippen molar-refractivity contribution in [2.24, 2.45) is 11.1 Å². The molecule has 4 heteroatoms. The zero-order chi connectivity index (χ0) is 9.47. The van der Waals surface area contributed by atoms with Crippen LogP contribution in [0.3, 0.4) is 0 Å². The maximum Gasteiger partial charge on any atom is 0.237 e. The second-order valence-corrected chi connectivity index (χ2v) is 4.63. The first-order valence-electron chi connectivity index (χ1n) is 4.75. The molecule has 3 nitrogen and oxygen atoms in total. The molecule has 2 rings (SSSR count). The number of nitrogens with two attached hydrogens (primary N) is 1. The molecule has 1 heterocycles. The summed E-state index contributed by atoms with van der Waals surface area (Å²) in [6.45, 7) is 1.75. The van der Waals surface area contributed by atoms with E-state index in [0.717, 1.165) is 32.4 Å². The van der Waals surface area contributed by atoms with Crippen LogP contribution in [0, 0.1) is 5.41 Å². The summed E-state index contributed by atoms with van der Waals surface area (Å²) in [5.74, 6) is 0.182. The lowest BCUT2D eigenvalue weighted by Gasteiger charge is -2.43. The highest BCUT2D eigenvalue weighted by atomic mass is 35.5. The molecule has 1 saturated carbocycles. The predicted octanol–water partition coefficient (Wildman–Crippen LogP) is 0.565. The monoisotopic (exact) mass is 202 g/mol. The van der Waals surface area contributed by atoms with Gasteiger partial charge in [0, 0.05) is 19.1 Å². The van der Waals surface area contributed by atoms with Crippen molar-refractivity contribution >= 4 is 17.5 Å². The molecule has 2 fully saturated rings. The van der Waals surface area contributed by atoms with Gasteiger partial charge in [-0.2, -0.15) is 0 Å². The number of amides is 1. The van der Waals surface area contributed by atoms with Gasteiger partial charge in [0.1, 0.15) is 5.88 Å². The van der Waals surface area contributed by atoms with Crippen molar-refractivity contribution in [2.75, 3.05) is 19.0 Å². The molecule has 0 aromatic carbocycles. The van der Waals surface area contributed by atoms with Crippen LogP contribution in [0.15, 0.2) is 0 Å². The molecule has 1 spiro atoms. The molecule has 13 heavy (non-hydrogen) atoms. The van der Waals surface area contributed by atoms with E-state index in [4.69, 9.17) is 17.3 Å². The van der Waals surface area contributed by atoms with E-state index in [9.17, 15) is 4.79 Å². The van der Waals surface area contributed by atoms with Crippen LogP contribution < -0.4 is 5.73 Å². The van der Waals surface area contributed by atoms with Crippen molar-refractivity contribution in [1.29, 1.82) is 0 Å². The van der Waals surface area contributed by atoms with E-state index in [2.05, 4.69) is 0 Å². The molecule has 74 valence electrons. The number of likely N-dealkylation sites (tertiary alicyclic amines) is 1. The number of hydrogen-bond acceptors (Lipinski definition) is 2. The van der Waals surface area contributed by atoms with Crippen molar-refractivity contribution in [1.82, 2.24) is 4.90 Å². The van der Waals surface area contributed by atoms with Gasteiger partial charge in [-0.15, -0.1) is 11.6 Å². The Kier molecular flexibility index (Phi) is 2.24. The predicted molar refractivity (Wildman–Crippen MR) is 51.6 cm³/mol. The van der Waals surface area contributed by atoms with E-state index in [1.165, 1.54) is 0 Å². The van der Waals surface area contributed by atoms with Crippen LogP contribution in [0.5, 0.6) is 0 Å². The van der Waals surface area contributed by atoms with E-state index in [0.29, 0.717) is 11.5 Å². The first-order valence-corrected chi connectivity index (χ1v) is 5.28. The third kappa shape index (κ3) is 1.55. The summed E-state index contributed by atoms with van der Waals surface area (Å²) >= 11 is 5.50. The smallest absolute Gasteiger partial charge is 0.237 e. The average Bonchev–Trinajstić information content (AvgIpc) is 2.47. The number of carbonyl (C=O) groups excluding carboxylic acids is 1. The van der Waals surface area contributed by atoms with Crippen molar-refractivity contribution < 1.29 is 4.79 Å². The highest BCUT2D eigenvalue weighted by Gasteiger charge is 2.47. The first-order chi connectivity index (χ1) is 6.15. The minimum Gasteiger partial charge on any atom is -0.341 e. The fraction of sp³-hybridized carbons (Fsp3) is 0.889. The zero-order valence-corrected chi connectivity index (χ0v) is 8.39. The van der Waals surface area contributed by atoms with Gasteiger partial charge >= 0.3 is 0 Å². The number of hydrogen-bond donors (Lipinski definition) is 1. The highest BCUT2D eigenvalue weighted by Crippen LogP contribution is 2.47. The van der Waals surface area contributed by atoms with Crippen molar-refractivity contribution in [2.45, 2.75) is 25.3 Å². The van der Waals surface area contributed by atoms with Gasteiger partial charge in [0.25, 0.3) is 0 Å². The van der Waals surface area contributed by atoms with Crippen LogP contribution in [0.4, 0.5) is 0 Å². The van der Waals surface area contributed by atoms with Crippen LogP contribution in [-0.4, -0.2) is 35.8 Å². The van der Waals surface area contributed by atoms with Crippen LogP contribution in [0.1, 0.15) is 19.3 Å². The third-order valence-corrected chi connectivity index (χ3v) is 3.52. The minimum absolute atomic E-state index is 0.0685. The summed E-state index contributed by atoms with van der Waals surface area (Å²) in [6.07, 6.45) is 3.28. The number of rotatable bonds is 1. The Morgan fingerprint density at radius 1 is 1.62 bits per heavy atom. The number of alkyl halides is 1. The minimum atomic E-state index is 0.0685. The number of halogens is 1. The van der Waals surface area contributed by atoms with E-state index in [1.807, 2.05) is 4.90 Å². The van der Waals surface area contributed by atoms with Crippen molar-refractivity contribution in [3.63, 3.8) is 0 Å². The average molecular weight is 203 g/mol. The molecule has 1 aliphatic heterocycles.